The van der Waals surface area contributed by atoms with Gasteiger partial charge in [-0.05, 0) is 111 Å². The van der Waals surface area contributed by atoms with E-state index >= 15 is 0 Å². The van der Waals surface area contributed by atoms with Crippen molar-refractivity contribution in [1.29, 1.82) is 0 Å². The Kier molecular flexibility index (Phi) is 12.8. The molecule has 0 saturated heterocycles. The highest BCUT2D eigenvalue weighted by molar-refractivity contribution is 5.26. The van der Waals surface area contributed by atoms with Crippen LogP contribution < -0.4 is 0 Å². The lowest BCUT2D eigenvalue weighted by atomic mass is 9.79. The summed E-state index contributed by atoms with van der Waals surface area (Å²) >= 11 is 0. The highest BCUT2D eigenvalue weighted by Gasteiger charge is 2.21. The van der Waals surface area contributed by atoms with E-state index in [0.717, 1.165) is 35.5 Å². The van der Waals surface area contributed by atoms with Gasteiger partial charge in [-0.3, -0.25) is 0 Å². The minimum absolute atomic E-state index is 0. The van der Waals surface area contributed by atoms with Gasteiger partial charge in [-0.15, -0.1) is 0 Å². The molecule has 0 nitrogen and oxygen atoms in total. The van der Waals surface area contributed by atoms with Crippen molar-refractivity contribution in [2.24, 2.45) is 17.8 Å². The van der Waals surface area contributed by atoms with Gasteiger partial charge in [0.1, 0.15) is 0 Å². The van der Waals surface area contributed by atoms with Crippen LogP contribution in [0.3, 0.4) is 0 Å². The Morgan fingerprint density at radius 2 is 0.524 bits per heavy atom. The molecular formula is C42H66. The van der Waals surface area contributed by atoms with E-state index in [2.05, 4.69) is 114 Å². The fraction of sp³-hybridized carbons (Fsp3) is 0.571. The number of hydrogen-bond donors (Lipinski definition) is 0. The Morgan fingerprint density at radius 3 is 0.714 bits per heavy atom. The van der Waals surface area contributed by atoms with E-state index < -0.39 is 0 Å². The Morgan fingerprint density at radius 1 is 0.333 bits per heavy atom. The van der Waals surface area contributed by atoms with Crippen LogP contribution in [0, 0.1) is 38.5 Å². The minimum atomic E-state index is 0. The van der Waals surface area contributed by atoms with E-state index in [9.17, 15) is 0 Å². The molecule has 0 unspecified atom stereocenters. The summed E-state index contributed by atoms with van der Waals surface area (Å²) in [5.74, 6) is 5.38. The molecular weight excluding hydrogens is 504 g/mol. The molecule has 0 spiro atoms. The summed E-state index contributed by atoms with van der Waals surface area (Å²) in [5, 5.41) is 0. The molecule has 3 aliphatic carbocycles. The highest BCUT2D eigenvalue weighted by Crippen LogP contribution is 2.37. The summed E-state index contributed by atoms with van der Waals surface area (Å²) in [7, 11) is 0. The second kappa shape index (κ2) is 16.5. The quantitative estimate of drug-likeness (QED) is 0.294. The van der Waals surface area contributed by atoms with Crippen LogP contribution in [0.4, 0.5) is 0 Å². The van der Waals surface area contributed by atoms with Gasteiger partial charge in [-0.1, -0.05) is 149 Å². The third-order valence-corrected chi connectivity index (χ3v) is 10.7. The van der Waals surface area contributed by atoms with Crippen molar-refractivity contribution in [3.63, 3.8) is 0 Å². The molecule has 0 N–H and O–H groups in total. The van der Waals surface area contributed by atoms with Gasteiger partial charge in [-0.2, -0.15) is 0 Å². The first kappa shape index (κ1) is 32.6. The van der Waals surface area contributed by atoms with Crippen LogP contribution in [-0.4, -0.2) is 0 Å². The van der Waals surface area contributed by atoms with Gasteiger partial charge in [-0.25, -0.2) is 0 Å². The average molecular weight is 571 g/mol. The molecule has 3 fully saturated rings. The average Bonchev–Trinajstić information content (AvgIpc) is 3.01. The van der Waals surface area contributed by atoms with Crippen molar-refractivity contribution in [3.05, 3.63) is 106 Å². The highest BCUT2D eigenvalue weighted by atomic mass is 14.3. The predicted octanol–water partition coefficient (Wildman–Crippen LogP) is 13.6. The zero-order valence-corrected chi connectivity index (χ0v) is 27.9. The smallest absolute Gasteiger partial charge is 0 e. The normalized spacial score (nSPS) is 27.6. The van der Waals surface area contributed by atoms with E-state index in [4.69, 9.17) is 0 Å². The number of rotatable bonds is 3. The molecule has 3 aromatic rings. The lowest BCUT2D eigenvalue weighted by Gasteiger charge is -2.26. The molecule has 0 heterocycles. The molecule has 0 aliphatic heterocycles. The van der Waals surface area contributed by atoms with Crippen LogP contribution in [0.25, 0.3) is 0 Å². The molecule has 3 saturated carbocycles. The molecule has 0 aromatic heterocycles. The van der Waals surface area contributed by atoms with Crippen LogP contribution in [0.2, 0.25) is 0 Å². The minimum Gasteiger partial charge on any atom is -0.0625 e. The molecule has 3 aromatic carbocycles. The number of aryl methyl sites for hydroxylation is 3. The lowest BCUT2D eigenvalue weighted by molar-refractivity contribution is 0.348. The van der Waals surface area contributed by atoms with Crippen LogP contribution in [0.1, 0.15) is 153 Å². The summed E-state index contributed by atoms with van der Waals surface area (Å²) in [6.07, 6.45) is 16.8. The molecule has 0 radical (unpaired) electrons. The first-order valence-corrected chi connectivity index (χ1v) is 17.5. The zero-order valence-electron chi connectivity index (χ0n) is 27.9. The second-order valence-electron chi connectivity index (χ2n) is 14.6. The van der Waals surface area contributed by atoms with Gasteiger partial charge >= 0.3 is 0 Å². The third kappa shape index (κ3) is 10.4. The van der Waals surface area contributed by atoms with Gasteiger partial charge in [0.05, 0.1) is 0 Å². The molecule has 0 atom stereocenters. The molecule has 6 rings (SSSR count). The Hall–Kier alpha value is -2.34. The topological polar surface area (TPSA) is 0 Å². The molecule has 0 amide bonds. The van der Waals surface area contributed by atoms with Gasteiger partial charge in [0.15, 0.2) is 0 Å². The molecule has 42 heavy (non-hydrogen) atoms. The van der Waals surface area contributed by atoms with Crippen LogP contribution in [-0.2, 0) is 0 Å². The first-order chi connectivity index (χ1) is 20.3. The van der Waals surface area contributed by atoms with Crippen molar-refractivity contribution in [2.45, 2.75) is 136 Å². The lowest BCUT2D eigenvalue weighted by Crippen LogP contribution is -2.10. The summed E-state index contributed by atoms with van der Waals surface area (Å²) in [4.78, 5) is 0. The third-order valence-electron chi connectivity index (χ3n) is 10.7. The van der Waals surface area contributed by atoms with Crippen molar-refractivity contribution < 1.29 is 4.28 Å². The first-order valence-electron chi connectivity index (χ1n) is 17.5. The van der Waals surface area contributed by atoms with E-state index in [-0.39, 0.29) is 4.28 Å². The maximum absolute atomic E-state index is 2.38. The maximum Gasteiger partial charge on any atom is 0 e. The Balaban J connectivity index is 0.000000327. The largest absolute Gasteiger partial charge is 0.0625 e. The van der Waals surface area contributed by atoms with E-state index in [1.165, 1.54) is 93.7 Å². The summed E-state index contributed by atoms with van der Waals surface area (Å²) in [5.41, 5.74) is 8.79. The standard InChI is InChI=1S/3C14H20.3H2/c3*1-11-3-7-13(8-4-11)14-9-5-12(2)6-10-14;;;/h3*3-4,7-8,12,14H,5-6,9-10H2,1-2H3;3*1H. The van der Waals surface area contributed by atoms with Gasteiger partial charge in [0.25, 0.3) is 0 Å². The van der Waals surface area contributed by atoms with E-state index in [1.54, 1.807) is 16.7 Å². The molecule has 234 valence electrons. The number of benzene rings is 3. The van der Waals surface area contributed by atoms with Crippen LogP contribution in [0.5, 0.6) is 0 Å². The molecule has 0 bridgehead atoms. The monoisotopic (exact) mass is 571 g/mol. The van der Waals surface area contributed by atoms with Crippen LogP contribution >= 0.6 is 0 Å². The van der Waals surface area contributed by atoms with Crippen molar-refractivity contribution in [2.75, 3.05) is 0 Å². The Bertz CT molecular complexity index is 993. The summed E-state index contributed by atoms with van der Waals surface area (Å²) < 4.78 is 0. The maximum atomic E-state index is 2.38. The van der Waals surface area contributed by atoms with E-state index in [0.29, 0.717) is 0 Å². The van der Waals surface area contributed by atoms with Crippen molar-refractivity contribution in [3.8, 4) is 0 Å². The van der Waals surface area contributed by atoms with Gasteiger partial charge < -0.3 is 0 Å². The van der Waals surface area contributed by atoms with Crippen molar-refractivity contribution >= 4 is 0 Å². The molecule has 0 heteroatoms. The van der Waals surface area contributed by atoms with Gasteiger partial charge in [0.2, 0.25) is 0 Å². The SMILES string of the molecule is Cc1ccc(C2CCC(C)CC2)cc1.Cc1ccc(C2CCC(C)CC2)cc1.Cc1ccc(C2CCC(C)CC2)cc1.[HH].[HH].[HH]. The predicted molar refractivity (Wildman–Crippen MR) is 191 cm³/mol. The zero-order chi connectivity index (χ0) is 29.9. The van der Waals surface area contributed by atoms with Crippen molar-refractivity contribution in [1.82, 2.24) is 0 Å². The fourth-order valence-corrected chi connectivity index (χ4v) is 7.30. The fourth-order valence-electron chi connectivity index (χ4n) is 7.30. The summed E-state index contributed by atoms with van der Waals surface area (Å²) in [6, 6.07) is 27.4. The number of hydrogen-bond acceptors (Lipinski definition) is 0. The molecule has 3 aliphatic rings. The van der Waals surface area contributed by atoms with Crippen LogP contribution in [0.15, 0.2) is 72.8 Å². The second-order valence-corrected chi connectivity index (χ2v) is 14.6. The summed E-state index contributed by atoms with van der Waals surface area (Å²) in [6.45, 7) is 13.6. The Labute approximate surface area is 264 Å². The van der Waals surface area contributed by atoms with E-state index in [1.807, 2.05) is 0 Å². The van der Waals surface area contributed by atoms with Gasteiger partial charge in [0, 0.05) is 4.28 Å².